The fraction of sp³-hybridized carbons (Fsp3) is 0.417. The maximum atomic E-state index is 12.9. The van der Waals surface area contributed by atoms with Crippen molar-refractivity contribution in [2.75, 3.05) is 29.3 Å². The van der Waals surface area contributed by atoms with Crippen molar-refractivity contribution in [3.8, 4) is 11.1 Å². The zero-order valence-corrected chi connectivity index (χ0v) is 20.6. The van der Waals surface area contributed by atoms with Gasteiger partial charge in [-0.05, 0) is 55.2 Å². The molecule has 2 N–H and O–H groups in total. The minimum atomic E-state index is -3.71. The highest BCUT2D eigenvalue weighted by atomic mass is 32.2. The molecule has 2 aromatic heterocycles. The van der Waals surface area contributed by atoms with Gasteiger partial charge in [0, 0.05) is 38.9 Å². The fourth-order valence-corrected chi connectivity index (χ4v) is 5.32. The maximum Gasteiger partial charge on any atom is 0.262 e. The number of pyridine rings is 1. The van der Waals surface area contributed by atoms with Gasteiger partial charge in [0.25, 0.3) is 10.0 Å². The van der Waals surface area contributed by atoms with Crippen LogP contribution in [0.5, 0.6) is 0 Å². The summed E-state index contributed by atoms with van der Waals surface area (Å²) in [6.07, 6.45) is 1.82. The fourth-order valence-electron chi connectivity index (χ4n) is 4.14. The Kier molecular flexibility index (Phi) is 6.45. The standard InChI is InChI=1S/C24H32N6O2S/c1-16(2)22-15-30(13-12-25-22)23-14-20(10-11-26-23)19-6-8-21(9-7-19)33(31,32)28-24-17(3)27-29(5)18(24)4/h6-11,14,16,22,25,28H,12-13,15H2,1-5H3. The van der Waals surface area contributed by atoms with Gasteiger partial charge in [0.15, 0.2) is 0 Å². The molecule has 3 heterocycles. The molecule has 0 radical (unpaired) electrons. The van der Waals surface area contributed by atoms with E-state index in [0.29, 0.717) is 23.3 Å². The van der Waals surface area contributed by atoms with Crippen molar-refractivity contribution >= 4 is 21.5 Å². The van der Waals surface area contributed by atoms with Crippen LogP contribution in [0.15, 0.2) is 47.5 Å². The number of rotatable bonds is 6. The van der Waals surface area contributed by atoms with Crippen molar-refractivity contribution in [2.24, 2.45) is 13.0 Å². The summed E-state index contributed by atoms with van der Waals surface area (Å²) >= 11 is 0. The zero-order valence-electron chi connectivity index (χ0n) is 19.8. The van der Waals surface area contributed by atoms with Gasteiger partial charge >= 0.3 is 0 Å². The average molecular weight is 469 g/mol. The highest BCUT2D eigenvalue weighted by molar-refractivity contribution is 7.92. The van der Waals surface area contributed by atoms with Crippen molar-refractivity contribution in [3.05, 3.63) is 54.0 Å². The van der Waals surface area contributed by atoms with Crippen molar-refractivity contribution < 1.29 is 8.42 Å². The molecule has 1 unspecified atom stereocenters. The van der Waals surface area contributed by atoms with Crippen molar-refractivity contribution in [1.29, 1.82) is 0 Å². The van der Waals surface area contributed by atoms with Gasteiger partial charge in [0.1, 0.15) is 5.82 Å². The summed E-state index contributed by atoms with van der Waals surface area (Å²) in [5.41, 5.74) is 3.89. The van der Waals surface area contributed by atoms with E-state index in [9.17, 15) is 8.42 Å². The lowest BCUT2D eigenvalue weighted by Gasteiger charge is -2.36. The van der Waals surface area contributed by atoms with Crippen LogP contribution in [0.3, 0.4) is 0 Å². The van der Waals surface area contributed by atoms with E-state index in [1.807, 2.05) is 31.3 Å². The number of piperazine rings is 1. The van der Waals surface area contributed by atoms with E-state index in [-0.39, 0.29) is 4.90 Å². The van der Waals surface area contributed by atoms with Crippen LogP contribution in [0.2, 0.25) is 0 Å². The predicted molar refractivity (Wildman–Crippen MR) is 132 cm³/mol. The minimum absolute atomic E-state index is 0.213. The maximum absolute atomic E-state index is 12.9. The summed E-state index contributed by atoms with van der Waals surface area (Å²) in [5.74, 6) is 1.50. The van der Waals surface area contributed by atoms with Crippen molar-refractivity contribution in [1.82, 2.24) is 20.1 Å². The second-order valence-electron chi connectivity index (χ2n) is 8.95. The summed E-state index contributed by atoms with van der Waals surface area (Å²) < 4.78 is 30.2. The monoisotopic (exact) mass is 468 g/mol. The first kappa shape index (κ1) is 23.3. The summed E-state index contributed by atoms with van der Waals surface area (Å²) in [7, 11) is -1.92. The quantitative estimate of drug-likeness (QED) is 0.577. The van der Waals surface area contributed by atoms with Gasteiger partial charge in [-0.1, -0.05) is 26.0 Å². The molecule has 9 heteroatoms. The van der Waals surface area contributed by atoms with E-state index < -0.39 is 10.0 Å². The number of aromatic nitrogens is 3. The van der Waals surface area contributed by atoms with Crippen molar-refractivity contribution in [2.45, 2.75) is 38.6 Å². The van der Waals surface area contributed by atoms with Gasteiger partial charge < -0.3 is 10.2 Å². The number of sulfonamides is 1. The topological polar surface area (TPSA) is 92.1 Å². The SMILES string of the molecule is Cc1nn(C)c(C)c1NS(=O)(=O)c1ccc(-c2ccnc(N3CCNC(C(C)C)C3)c2)cc1. The Morgan fingerprint density at radius 1 is 1.12 bits per heavy atom. The first-order chi connectivity index (χ1) is 15.7. The summed E-state index contributed by atoms with van der Waals surface area (Å²) in [4.78, 5) is 7.11. The number of anilines is 2. The van der Waals surface area contributed by atoms with Crippen LogP contribution in [0, 0.1) is 19.8 Å². The molecule has 1 saturated heterocycles. The molecule has 1 aromatic carbocycles. The second-order valence-corrected chi connectivity index (χ2v) is 10.6. The van der Waals surface area contributed by atoms with Gasteiger partial charge in [-0.3, -0.25) is 9.40 Å². The molecule has 33 heavy (non-hydrogen) atoms. The van der Waals surface area contributed by atoms with E-state index in [2.05, 4.69) is 44.9 Å². The third kappa shape index (κ3) is 4.89. The van der Waals surface area contributed by atoms with Crippen LogP contribution in [-0.2, 0) is 17.1 Å². The van der Waals surface area contributed by atoms with Gasteiger partial charge in [-0.25, -0.2) is 13.4 Å². The average Bonchev–Trinajstić information content (AvgIpc) is 3.05. The van der Waals surface area contributed by atoms with Crippen LogP contribution in [0.4, 0.5) is 11.5 Å². The number of hydrogen-bond donors (Lipinski definition) is 2. The Bertz CT molecular complexity index is 1230. The Balaban J connectivity index is 1.54. The third-order valence-electron chi connectivity index (χ3n) is 6.32. The van der Waals surface area contributed by atoms with Crippen LogP contribution in [-0.4, -0.2) is 48.9 Å². The number of nitrogens with zero attached hydrogens (tertiary/aromatic N) is 4. The van der Waals surface area contributed by atoms with Crippen molar-refractivity contribution in [3.63, 3.8) is 0 Å². The number of aryl methyl sites for hydroxylation is 2. The highest BCUT2D eigenvalue weighted by Gasteiger charge is 2.23. The van der Waals surface area contributed by atoms with E-state index in [4.69, 9.17) is 0 Å². The molecule has 8 nitrogen and oxygen atoms in total. The summed E-state index contributed by atoms with van der Waals surface area (Å²) in [6, 6.07) is 11.4. The first-order valence-electron chi connectivity index (χ1n) is 11.2. The summed E-state index contributed by atoms with van der Waals surface area (Å²) in [5, 5.41) is 7.85. The number of benzene rings is 1. The highest BCUT2D eigenvalue weighted by Crippen LogP contribution is 2.27. The molecule has 1 fully saturated rings. The Morgan fingerprint density at radius 3 is 2.48 bits per heavy atom. The Labute approximate surface area is 196 Å². The number of nitrogens with one attached hydrogen (secondary N) is 2. The van der Waals surface area contributed by atoms with Gasteiger partial charge in [-0.15, -0.1) is 0 Å². The van der Waals surface area contributed by atoms with Crippen LogP contribution in [0.25, 0.3) is 11.1 Å². The molecular formula is C24H32N6O2S. The normalized spacial score (nSPS) is 16.9. The predicted octanol–water partition coefficient (Wildman–Crippen LogP) is 3.33. The zero-order chi connectivity index (χ0) is 23.8. The summed E-state index contributed by atoms with van der Waals surface area (Å²) in [6.45, 7) is 10.9. The molecule has 4 rings (SSSR count). The molecule has 0 bridgehead atoms. The van der Waals surface area contributed by atoms with E-state index in [1.165, 1.54) is 0 Å². The van der Waals surface area contributed by atoms with Crippen LogP contribution >= 0.6 is 0 Å². The number of hydrogen-bond acceptors (Lipinski definition) is 6. The lowest BCUT2D eigenvalue weighted by molar-refractivity contribution is 0.367. The van der Waals surface area contributed by atoms with Crippen LogP contribution < -0.4 is 14.9 Å². The molecule has 1 atom stereocenters. The molecular weight excluding hydrogens is 436 g/mol. The molecule has 1 aliphatic heterocycles. The smallest absolute Gasteiger partial charge is 0.262 e. The second kappa shape index (κ2) is 9.15. The Morgan fingerprint density at radius 2 is 1.85 bits per heavy atom. The van der Waals surface area contributed by atoms with Crippen LogP contribution in [0.1, 0.15) is 25.2 Å². The molecule has 1 aliphatic rings. The Hall–Kier alpha value is -2.91. The molecule has 0 spiro atoms. The molecule has 3 aromatic rings. The lowest BCUT2D eigenvalue weighted by Crippen LogP contribution is -2.53. The minimum Gasteiger partial charge on any atom is -0.354 e. The molecule has 0 saturated carbocycles. The largest absolute Gasteiger partial charge is 0.354 e. The lowest BCUT2D eigenvalue weighted by atomic mass is 10.0. The molecule has 0 aliphatic carbocycles. The molecule has 0 amide bonds. The van der Waals surface area contributed by atoms with Gasteiger partial charge in [0.2, 0.25) is 0 Å². The van der Waals surface area contributed by atoms with E-state index in [1.54, 1.807) is 30.8 Å². The molecule has 176 valence electrons. The van der Waals surface area contributed by atoms with E-state index >= 15 is 0 Å². The van der Waals surface area contributed by atoms with Gasteiger partial charge in [0.05, 0.1) is 22.0 Å². The first-order valence-corrected chi connectivity index (χ1v) is 12.7. The van der Waals surface area contributed by atoms with E-state index in [0.717, 1.165) is 42.3 Å². The third-order valence-corrected chi connectivity index (χ3v) is 7.69. The van der Waals surface area contributed by atoms with Gasteiger partial charge in [-0.2, -0.15) is 5.10 Å².